The largest absolute Gasteiger partial charge is 0.494 e. The van der Waals surface area contributed by atoms with Crippen molar-refractivity contribution < 1.29 is 9.47 Å². The summed E-state index contributed by atoms with van der Waals surface area (Å²) in [5.41, 5.74) is 5.57. The molecule has 116 valence electrons. The van der Waals surface area contributed by atoms with E-state index >= 15 is 0 Å². The van der Waals surface area contributed by atoms with Crippen LogP contribution in [-0.4, -0.2) is 18.6 Å². The molecule has 0 aliphatic heterocycles. The highest BCUT2D eigenvalue weighted by Crippen LogP contribution is 2.18. The molecular weight excluding hydrogens is 294 g/mol. The summed E-state index contributed by atoms with van der Waals surface area (Å²) in [5, 5.41) is 0.0107. The number of benzene rings is 1. The lowest BCUT2D eigenvalue weighted by molar-refractivity contribution is 0.300. The third kappa shape index (κ3) is 9.34. The average molecular weight is 320 g/mol. The smallest absolute Gasteiger partial charge is 0.119 e. The SMILES string of the molecule is CCCOc1ccc(OCCCCCC(N)S)cc1.Cl. The van der Waals surface area contributed by atoms with Crippen molar-refractivity contribution >= 4 is 25.0 Å². The summed E-state index contributed by atoms with van der Waals surface area (Å²) in [4.78, 5) is 0. The predicted molar refractivity (Wildman–Crippen MR) is 90.4 cm³/mol. The highest BCUT2D eigenvalue weighted by molar-refractivity contribution is 7.80. The van der Waals surface area contributed by atoms with Gasteiger partial charge in [-0.1, -0.05) is 13.3 Å². The molecule has 0 amide bonds. The van der Waals surface area contributed by atoms with E-state index in [4.69, 9.17) is 15.2 Å². The van der Waals surface area contributed by atoms with Gasteiger partial charge in [0.2, 0.25) is 0 Å². The van der Waals surface area contributed by atoms with E-state index in [0.717, 1.165) is 56.8 Å². The Balaban J connectivity index is 0.00000361. The third-order valence-corrected chi connectivity index (χ3v) is 2.97. The van der Waals surface area contributed by atoms with Crippen LogP contribution in [0.1, 0.15) is 39.0 Å². The van der Waals surface area contributed by atoms with Crippen molar-refractivity contribution in [1.82, 2.24) is 0 Å². The summed E-state index contributed by atoms with van der Waals surface area (Å²) in [7, 11) is 0. The van der Waals surface area contributed by atoms with Crippen molar-refractivity contribution in [3.05, 3.63) is 24.3 Å². The lowest BCUT2D eigenvalue weighted by Gasteiger charge is -2.08. The van der Waals surface area contributed by atoms with Gasteiger partial charge in [-0.3, -0.25) is 0 Å². The Bertz CT molecular complexity index is 333. The first-order valence-corrected chi connectivity index (χ1v) is 7.53. The first kappa shape index (κ1) is 19.4. The van der Waals surface area contributed by atoms with Gasteiger partial charge in [0.05, 0.1) is 13.2 Å². The third-order valence-electron chi connectivity index (χ3n) is 2.71. The van der Waals surface area contributed by atoms with E-state index < -0.39 is 0 Å². The molecule has 1 aromatic carbocycles. The van der Waals surface area contributed by atoms with Gasteiger partial charge in [-0.15, -0.1) is 12.4 Å². The molecule has 5 heteroatoms. The number of halogens is 1. The van der Waals surface area contributed by atoms with E-state index in [1.54, 1.807) is 0 Å². The fourth-order valence-corrected chi connectivity index (χ4v) is 1.86. The zero-order valence-corrected chi connectivity index (χ0v) is 13.8. The van der Waals surface area contributed by atoms with E-state index in [0.29, 0.717) is 0 Å². The summed E-state index contributed by atoms with van der Waals surface area (Å²) in [6.07, 6.45) is 5.28. The molecule has 0 saturated carbocycles. The molecule has 0 fully saturated rings. The molecule has 1 aromatic rings. The minimum absolute atomic E-state index is 0. The van der Waals surface area contributed by atoms with Crippen LogP contribution in [0.5, 0.6) is 11.5 Å². The first-order valence-electron chi connectivity index (χ1n) is 7.01. The maximum atomic E-state index is 5.67. The number of hydrogen-bond donors (Lipinski definition) is 2. The van der Waals surface area contributed by atoms with Crippen LogP contribution < -0.4 is 15.2 Å². The van der Waals surface area contributed by atoms with Gasteiger partial charge in [-0.05, 0) is 49.9 Å². The molecule has 0 heterocycles. The summed E-state index contributed by atoms with van der Waals surface area (Å²) in [5.74, 6) is 1.80. The molecule has 1 unspecified atom stereocenters. The van der Waals surface area contributed by atoms with Crippen molar-refractivity contribution in [2.24, 2.45) is 5.73 Å². The van der Waals surface area contributed by atoms with Gasteiger partial charge in [0.25, 0.3) is 0 Å². The lowest BCUT2D eigenvalue weighted by Crippen LogP contribution is -2.11. The van der Waals surface area contributed by atoms with Crippen LogP contribution in [0.3, 0.4) is 0 Å². The molecular formula is C15H26ClNO2S. The van der Waals surface area contributed by atoms with Crippen molar-refractivity contribution in [3.8, 4) is 11.5 Å². The Morgan fingerprint density at radius 2 is 1.55 bits per heavy atom. The fraction of sp³-hybridized carbons (Fsp3) is 0.600. The van der Waals surface area contributed by atoms with Gasteiger partial charge in [-0.2, -0.15) is 12.6 Å². The van der Waals surface area contributed by atoms with Crippen molar-refractivity contribution in [2.45, 2.75) is 44.4 Å². The number of unbranched alkanes of at least 4 members (excludes halogenated alkanes) is 2. The van der Waals surface area contributed by atoms with Gasteiger partial charge < -0.3 is 15.2 Å². The van der Waals surface area contributed by atoms with Crippen LogP contribution in [0.25, 0.3) is 0 Å². The molecule has 3 nitrogen and oxygen atoms in total. The molecule has 2 N–H and O–H groups in total. The molecule has 0 aliphatic carbocycles. The standard InChI is InChI=1S/C15H25NO2S.ClH/c1-2-11-17-13-7-9-14(10-8-13)18-12-5-3-4-6-15(16)19;/h7-10,15,19H,2-6,11-12,16H2,1H3;1H. The molecule has 0 saturated heterocycles. The Hall–Kier alpha value is -0.580. The minimum atomic E-state index is 0. The van der Waals surface area contributed by atoms with Gasteiger partial charge in [0.1, 0.15) is 11.5 Å². The van der Waals surface area contributed by atoms with Crippen molar-refractivity contribution in [2.75, 3.05) is 13.2 Å². The molecule has 0 bridgehead atoms. The van der Waals surface area contributed by atoms with E-state index in [1.165, 1.54) is 0 Å². The van der Waals surface area contributed by atoms with Crippen LogP contribution in [-0.2, 0) is 0 Å². The quantitative estimate of drug-likeness (QED) is 0.388. The second-order valence-electron chi connectivity index (χ2n) is 4.59. The molecule has 0 spiro atoms. The minimum Gasteiger partial charge on any atom is -0.494 e. The molecule has 0 radical (unpaired) electrons. The Morgan fingerprint density at radius 1 is 1.00 bits per heavy atom. The second kappa shape index (κ2) is 12.2. The topological polar surface area (TPSA) is 44.5 Å². The molecule has 0 aromatic heterocycles. The Labute approximate surface area is 134 Å². The summed E-state index contributed by atoms with van der Waals surface area (Å²) < 4.78 is 11.2. The van der Waals surface area contributed by atoms with Crippen LogP contribution in [0, 0.1) is 0 Å². The summed E-state index contributed by atoms with van der Waals surface area (Å²) >= 11 is 4.15. The predicted octanol–water partition coefficient (Wildman–Crippen LogP) is 4.05. The highest BCUT2D eigenvalue weighted by Gasteiger charge is 1.98. The van der Waals surface area contributed by atoms with Crippen molar-refractivity contribution in [1.29, 1.82) is 0 Å². The number of rotatable bonds is 10. The zero-order valence-electron chi connectivity index (χ0n) is 12.1. The van der Waals surface area contributed by atoms with Crippen LogP contribution >= 0.6 is 25.0 Å². The van der Waals surface area contributed by atoms with Crippen LogP contribution in [0.15, 0.2) is 24.3 Å². The average Bonchev–Trinajstić information content (AvgIpc) is 2.41. The van der Waals surface area contributed by atoms with Gasteiger partial charge >= 0.3 is 0 Å². The maximum absolute atomic E-state index is 5.67. The van der Waals surface area contributed by atoms with Gasteiger partial charge in [0, 0.05) is 5.37 Å². The Morgan fingerprint density at radius 3 is 2.05 bits per heavy atom. The second-order valence-corrected chi connectivity index (χ2v) is 5.25. The summed E-state index contributed by atoms with van der Waals surface area (Å²) in [6, 6.07) is 7.80. The molecule has 0 aliphatic rings. The number of hydrogen-bond acceptors (Lipinski definition) is 4. The normalized spacial score (nSPS) is 11.6. The van der Waals surface area contributed by atoms with E-state index in [2.05, 4.69) is 19.6 Å². The van der Waals surface area contributed by atoms with E-state index in [-0.39, 0.29) is 17.8 Å². The highest BCUT2D eigenvalue weighted by atomic mass is 35.5. The molecule has 1 rings (SSSR count). The fourth-order valence-electron chi connectivity index (χ4n) is 1.67. The number of nitrogens with two attached hydrogens (primary N) is 1. The van der Waals surface area contributed by atoms with Crippen molar-refractivity contribution in [3.63, 3.8) is 0 Å². The molecule has 1 atom stereocenters. The molecule has 20 heavy (non-hydrogen) atoms. The lowest BCUT2D eigenvalue weighted by atomic mass is 10.2. The van der Waals surface area contributed by atoms with Crippen LogP contribution in [0.2, 0.25) is 0 Å². The van der Waals surface area contributed by atoms with Gasteiger partial charge in [-0.25, -0.2) is 0 Å². The van der Waals surface area contributed by atoms with E-state index in [1.807, 2.05) is 24.3 Å². The number of ether oxygens (including phenoxy) is 2. The monoisotopic (exact) mass is 319 g/mol. The zero-order chi connectivity index (χ0) is 13.9. The van der Waals surface area contributed by atoms with Crippen LogP contribution in [0.4, 0.5) is 0 Å². The maximum Gasteiger partial charge on any atom is 0.119 e. The van der Waals surface area contributed by atoms with E-state index in [9.17, 15) is 0 Å². The Kier molecular flexibility index (Phi) is 11.8. The number of thiol groups is 1. The van der Waals surface area contributed by atoms with Gasteiger partial charge in [0.15, 0.2) is 0 Å². The first-order chi connectivity index (χ1) is 9.22. The summed E-state index contributed by atoms with van der Waals surface area (Å²) in [6.45, 7) is 3.60.